The van der Waals surface area contributed by atoms with Crippen LogP contribution in [0.5, 0.6) is 11.5 Å². The molecule has 3 aromatic rings. The summed E-state index contributed by atoms with van der Waals surface area (Å²) in [6, 6.07) is 6.24. The molecule has 0 saturated carbocycles. The van der Waals surface area contributed by atoms with E-state index in [0.29, 0.717) is 5.75 Å². The van der Waals surface area contributed by atoms with Crippen molar-refractivity contribution in [3.63, 3.8) is 0 Å². The zero-order valence-corrected chi connectivity index (χ0v) is 14.1. The number of hydrogen-bond acceptors (Lipinski definition) is 10. The minimum absolute atomic E-state index is 0.0203. The zero-order chi connectivity index (χ0) is 18.8. The Morgan fingerprint density at radius 1 is 1.37 bits per heavy atom. The number of nitro benzene ring substituents is 1. The third-order valence-corrected chi connectivity index (χ3v) is 4.32. The van der Waals surface area contributed by atoms with E-state index in [-0.39, 0.29) is 35.5 Å². The van der Waals surface area contributed by atoms with Crippen molar-refractivity contribution in [2.24, 2.45) is 5.10 Å². The molecule has 1 N–H and O–H groups in total. The van der Waals surface area contributed by atoms with Crippen LogP contribution in [0.4, 0.5) is 5.69 Å². The van der Waals surface area contributed by atoms with Crippen molar-refractivity contribution in [2.75, 3.05) is 6.79 Å². The van der Waals surface area contributed by atoms with E-state index in [9.17, 15) is 14.9 Å². The normalized spacial score (nSPS) is 12.4. The molecule has 27 heavy (non-hydrogen) atoms. The van der Waals surface area contributed by atoms with Crippen molar-refractivity contribution >= 4 is 29.1 Å². The number of nitrogens with one attached hydrogen (secondary N) is 1. The lowest BCUT2D eigenvalue weighted by Crippen LogP contribution is -2.18. The molecule has 1 aromatic carbocycles. The number of hydrazone groups is 1. The zero-order valence-electron chi connectivity index (χ0n) is 13.3. The summed E-state index contributed by atoms with van der Waals surface area (Å²) in [5.41, 5.74) is 2.08. The van der Waals surface area contributed by atoms with Gasteiger partial charge in [0.1, 0.15) is 0 Å². The molecule has 0 spiro atoms. The molecule has 0 fully saturated rings. The number of benzene rings is 1. The summed E-state index contributed by atoms with van der Waals surface area (Å²) in [4.78, 5) is 27.3. The molecule has 1 aliphatic rings. The fourth-order valence-corrected chi connectivity index (χ4v) is 2.89. The lowest BCUT2D eigenvalue weighted by molar-refractivity contribution is -0.385. The predicted octanol–water partition coefficient (Wildman–Crippen LogP) is 2.20. The van der Waals surface area contributed by atoms with Gasteiger partial charge in [0, 0.05) is 0 Å². The second-order valence-corrected chi connectivity index (χ2v) is 6.07. The van der Waals surface area contributed by atoms with Gasteiger partial charge in [-0.15, -0.1) is 11.3 Å². The summed E-state index contributed by atoms with van der Waals surface area (Å²) in [7, 11) is 0. The van der Waals surface area contributed by atoms with Crippen LogP contribution in [0.1, 0.15) is 16.2 Å². The number of thiophene rings is 1. The van der Waals surface area contributed by atoms with Crippen LogP contribution in [0.25, 0.3) is 10.7 Å². The quantitative estimate of drug-likeness (QED) is 0.399. The summed E-state index contributed by atoms with van der Waals surface area (Å²) in [6.07, 6.45) is 1.12. The van der Waals surface area contributed by atoms with Crippen molar-refractivity contribution in [1.29, 1.82) is 0 Å². The van der Waals surface area contributed by atoms with Gasteiger partial charge in [0.25, 0.3) is 5.69 Å². The lowest BCUT2D eigenvalue weighted by Gasteiger charge is -2.00. The van der Waals surface area contributed by atoms with Gasteiger partial charge < -0.3 is 14.0 Å². The Kier molecular flexibility index (Phi) is 4.22. The number of carbonyl (C=O) groups is 1. The smallest absolute Gasteiger partial charge is 0.329 e. The number of amides is 1. The Bertz CT molecular complexity index is 1050. The van der Waals surface area contributed by atoms with Gasteiger partial charge in [-0.1, -0.05) is 11.2 Å². The highest BCUT2D eigenvalue weighted by atomic mass is 32.1. The molecule has 12 heteroatoms. The molecular weight excluding hydrogens is 378 g/mol. The molecular formula is C15H9N5O6S. The molecule has 0 bridgehead atoms. The largest absolute Gasteiger partial charge is 0.454 e. The fraction of sp³-hybridized carbons (Fsp3) is 0.0667. The highest BCUT2D eigenvalue weighted by molar-refractivity contribution is 7.13. The van der Waals surface area contributed by atoms with Gasteiger partial charge in [0.2, 0.25) is 12.6 Å². The Balaban J connectivity index is 1.49. The number of nitrogens with zero attached hydrogens (tertiary/aromatic N) is 4. The number of hydrogen-bond donors (Lipinski definition) is 1. The topological polar surface area (TPSA) is 142 Å². The number of carbonyl (C=O) groups excluding carboxylic acids is 1. The van der Waals surface area contributed by atoms with Crippen LogP contribution in [0.3, 0.4) is 0 Å². The minimum Gasteiger partial charge on any atom is -0.454 e. The third-order valence-electron chi connectivity index (χ3n) is 3.45. The average molecular weight is 387 g/mol. The molecule has 3 heterocycles. The van der Waals surface area contributed by atoms with E-state index in [2.05, 4.69) is 20.7 Å². The summed E-state index contributed by atoms with van der Waals surface area (Å²) in [5, 5.41) is 20.4. The van der Waals surface area contributed by atoms with Crippen molar-refractivity contribution < 1.29 is 23.7 Å². The van der Waals surface area contributed by atoms with E-state index in [4.69, 9.17) is 14.0 Å². The van der Waals surface area contributed by atoms with Crippen LogP contribution in [-0.4, -0.2) is 34.0 Å². The first kappa shape index (κ1) is 16.7. The molecule has 1 aliphatic heterocycles. The molecule has 1 amide bonds. The number of fused-ring (bicyclic) bond motifs is 1. The van der Waals surface area contributed by atoms with Crippen molar-refractivity contribution in [3.8, 4) is 22.2 Å². The molecule has 4 rings (SSSR count). The van der Waals surface area contributed by atoms with Crippen LogP contribution in [0, 0.1) is 10.1 Å². The van der Waals surface area contributed by atoms with E-state index in [1.807, 2.05) is 11.4 Å². The predicted molar refractivity (Wildman–Crippen MR) is 91.9 cm³/mol. The molecule has 0 aliphatic carbocycles. The number of ether oxygens (including phenoxy) is 2. The monoisotopic (exact) mass is 387 g/mol. The van der Waals surface area contributed by atoms with E-state index < -0.39 is 10.8 Å². The van der Waals surface area contributed by atoms with Crippen LogP contribution in [-0.2, 0) is 0 Å². The van der Waals surface area contributed by atoms with E-state index in [1.54, 1.807) is 6.07 Å². The second kappa shape index (κ2) is 6.84. The standard InChI is InChI=1S/C15H9N5O6S/c21-14(15-17-13(19-26-15)12-2-1-3-27-12)18-16-6-8-4-10-11(25-7-24-10)5-9(8)20(22)23/h1-6H,7H2,(H,18,21)/b16-6-. The Morgan fingerprint density at radius 2 is 2.19 bits per heavy atom. The minimum atomic E-state index is -0.745. The summed E-state index contributed by atoms with van der Waals surface area (Å²) in [5.74, 6) is -0.119. The molecule has 0 saturated heterocycles. The van der Waals surface area contributed by atoms with E-state index >= 15 is 0 Å². The average Bonchev–Trinajstić information content (AvgIpc) is 3.39. The van der Waals surface area contributed by atoms with Gasteiger partial charge in [-0.25, -0.2) is 5.43 Å². The maximum Gasteiger partial charge on any atom is 0.329 e. The van der Waals surface area contributed by atoms with Crippen LogP contribution < -0.4 is 14.9 Å². The molecule has 2 aromatic heterocycles. The fourth-order valence-electron chi connectivity index (χ4n) is 2.24. The summed E-state index contributed by atoms with van der Waals surface area (Å²) >= 11 is 1.40. The first-order valence-corrected chi connectivity index (χ1v) is 8.29. The molecule has 11 nitrogen and oxygen atoms in total. The van der Waals surface area contributed by atoms with Crippen molar-refractivity contribution in [3.05, 3.63) is 51.2 Å². The number of rotatable bonds is 5. The maximum atomic E-state index is 12.0. The number of aromatic nitrogens is 2. The van der Waals surface area contributed by atoms with Crippen molar-refractivity contribution in [1.82, 2.24) is 15.6 Å². The third kappa shape index (κ3) is 3.32. The van der Waals surface area contributed by atoms with Crippen LogP contribution >= 0.6 is 11.3 Å². The van der Waals surface area contributed by atoms with Gasteiger partial charge in [-0.3, -0.25) is 14.9 Å². The van der Waals surface area contributed by atoms with Gasteiger partial charge in [-0.2, -0.15) is 10.1 Å². The van der Waals surface area contributed by atoms with Gasteiger partial charge in [-0.05, 0) is 17.5 Å². The molecule has 136 valence electrons. The second-order valence-electron chi connectivity index (χ2n) is 5.12. The van der Waals surface area contributed by atoms with Crippen molar-refractivity contribution in [2.45, 2.75) is 0 Å². The number of nitro groups is 1. The summed E-state index contributed by atoms with van der Waals surface area (Å²) in [6.45, 7) is -0.0203. The van der Waals surface area contributed by atoms with E-state index in [1.165, 1.54) is 23.5 Å². The molecule has 0 atom stereocenters. The van der Waals surface area contributed by atoms with E-state index in [0.717, 1.165) is 11.1 Å². The maximum absolute atomic E-state index is 12.0. The first-order chi connectivity index (χ1) is 13.1. The van der Waals surface area contributed by atoms with Gasteiger partial charge >= 0.3 is 11.8 Å². The Labute approximate surface area is 154 Å². The van der Waals surface area contributed by atoms with Gasteiger partial charge in [0.05, 0.1) is 27.6 Å². The SMILES string of the molecule is O=C(N/N=C\c1cc2c(cc1[N+](=O)[O-])OCO2)c1nc(-c2cccs2)no1. The Hall–Kier alpha value is -3.80. The lowest BCUT2D eigenvalue weighted by atomic mass is 10.1. The van der Waals surface area contributed by atoms with Crippen LogP contribution in [0.15, 0.2) is 39.3 Å². The molecule has 0 unspecified atom stereocenters. The molecule has 0 radical (unpaired) electrons. The Morgan fingerprint density at radius 3 is 2.93 bits per heavy atom. The van der Waals surface area contributed by atoms with Gasteiger partial charge in [0.15, 0.2) is 11.5 Å². The highest BCUT2D eigenvalue weighted by Crippen LogP contribution is 2.37. The summed E-state index contributed by atoms with van der Waals surface area (Å²) < 4.78 is 15.2. The highest BCUT2D eigenvalue weighted by Gasteiger charge is 2.22. The first-order valence-electron chi connectivity index (χ1n) is 7.41. The van der Waals surface area contributed by atoms with Crippen LogP contribution in [0.2, 0.25) is 0 Å².